The van der Waals surface area contributed by atoms with E-state index >= 15 is 0 Å². The molecule has 1 aromatic carbocycles. The molecule has 1 atom stereocenters. The Hall–Kier alpha value is -1.34. The Labute approximate surface area is 170 Å². The highest BCUT2D eigenvalue weighted by Gasteiger charge is 2.16. The van der Waals surface area contributed by atoms with Gasteiger partial charge in [-0.05, 0) is 63.0 Å². The Bertz CT molecular complexity index is 673. The Morgan fingerprint density at radius 1 is 1.35 bits per heavy atom. The maximum Gasteiger partial charge on any atom is 0.270 e. The van der Waals surface area contributed by atoms with Crippen molar-refractivity contribution in [2.24, 2.45) is 5.92 Å². The molecule has 1 aromatic heterocycles. The highest BCUT2D eigenvalue weighted by atomic mass is 35.5. The number of nitrogens with zero attached hydrogens (tertiary/aromatic N) is 1. The van der Waals surface area contributed by atoms with Crippen LogP contribution in [0.4, 0.5) is 0 Å². The molecule has 0 radical (unpaired) electrons. The van der Waals surface area contributed by atoms with Crippen molar-refractivity contribution < 1.29 is 9.53 Å². The predicted octanol–water partition coefficient (Wildman–Crippen LogP) is 3.78. The van der Waals surface area contributed by atoms with E-state index < -0.39 is 0 Å². The fraction of sp³-hybridized carbons (Fsp3) is 0.444. The van der Waals surface area contributed by atoms with Gasteiger partial charge in [0.1, 0.15) is 16.5 Å². The summed E-state index contributed by atoms with van der Waals surface area (Å²) in [5, 5.41) is 9.04. The van der Waals surface area contributed by atoms with Crippen molar-refractivity contribution in [3.63, 3.8) is 0 Å². The molecule has 1 amide bonds. The molecule has 1 fully saturated rings. The highest BCUT2D eigenvalue weighted by molar-refractivity contribution is 7.13. The minimum atomic E-state index is -0.0889. The van der Waals surface area contributed by atoms with Crippen LogP contribution in [0.15, 0.2) is 29.6 Å². The Morgan fingerprint density at radius 2 is 2.12 bits per heavy atom. The van der Waals surface area contributed by atoms with Crippen LogP contribution in [0.3, 0.4) is 0 Å². The Balaban J connectivity index is 0.00000169. The van der Waals surface area contributed by atoms with Crippen molar-refractivity contribution in [1.82, 2.24) is 15.6 Å². The van der Waals surface area contributed by atoms with Crippen LogP contribution in [-0.2, 0) is 0 Å². The molecular weight excluding hydrogens is 393 g/mol. The first kappa shape index (κ1) is 22.7. The molecular formula is C18H25Cl2N3O2S. The van der Waals surface area contributed by atoms with Crippen LogP contribution in [0.1, 0.15) is 30.3 Å². The van der Waals surface area contributed by atoms with Crippen molar-refractivity contribution in [2.45, 2.75) is 19.8 Å². The van der Waals surface area contributed by atoms with E-state index in [1.165, 1.54) is 24.2 Å². The minimum absolute atomic E-state index is 0. The number of piperidine rings is 1. The fourth-order valence-corrected chi connectivity index (χ4v) is 3.60. The summed E-state index contributed by atoms with van der Waals surface area (Å²) in [6, 6.07) is 7.80. The van der Waals surface area contributed by atoms with Crippen molar-refractivity contribution in [2.75, 3.05) is 26.2 Å². The molecule has 2 aromatic rings. The maximum atomic E-state index is 12.3. The largest absolute Gasteiger partial charge is 0.494 e. The van der Waals surface area contributed by atoms with Gasteiger partial charge in [0.15, 0.2) is 0 Å². The summed E-state index contributed by atoms with van der Waals surface area (Å²) in [4.78, 5) is 16.7. The number of aromatic nitrogens is 1. The normalized spacial score (nSPS) is 16.1. The van der Waals surface area contributed by atoms with E-state index in [9.17, 15) is 4.79 Å². The van der Waals surface area contributed by atoms with E-state index in [2.05, 4.69) is 15.6 Å². The van der Waals surface area contributed by atoms with Crippen LogP contribution in [0.5, 0.6) is 5.75 Å². The number of benzene rings is 1. The number of nitrogens with one attached hydrogen (secondary N) is 2. The molecule has 1 saturated heterocycles. The lowest BCUT2D eigenvalue weighted by molar-refractivity contribution is 0.0940. The molecule has 144 valence electrons. The van der Waals surface area contributed by atoms with Gasteiger partial charge in [0.05, 0.1) is 6.61 Å². The molecule has 2 N–H and O–H groups in total. The van der Waals surface area contributed by atoms with Crippen LogP contribution >= 0.6 is 36.2 Å². The fourth-order valence-electron chi connectivity index (χ4n) is 2.80. The maximum absolute atomic E-state index is 12.3. The average Bonchev–Trinajstić information content (AvgIpc) is 3.12. The number of carbonyl (C=O) groups is 1. The lowest BCUT2D eigenvalue weighted by Gasteiger charge is -2.22. The monoisotopic (exact) mass is 417 g/mol. The van der Waals surface area contributed by atoms with Gasteiger partial charge in [0.2, 0.25) is 0 Å². The van der Waals surface area contributed by atoms with E-state index in [0.29, 0.717) is 24.8 Å². The zero-order valence-electron chi connectivity index (χ0n) is 14.7. The number of halogens is 2. The van der Waals surface area contributed by atoms with Crippen LogP contribution in [0.25, 0.3) is 10.6 Å². The lowest BCUT2D eigenvalue weighted by Crippen LogP contribution is -2.38. The van der Waals surface area contributed by atoms with E-state index in [1.54, 1.807) is 0 Å². The van der Waals surface area contributed by atoms with Crippen molar-refractivity contribution in [3.8, 4) is 16.3 Å². The van der Waals surface area contributed by atoms with Gasteiger partial charge in [-0.2, -0.15) is 0 Å². The highest BCUT2D eigenvalue weighted by Crippen LogP contribution is 2.25. The van der Waals surface area contributed by atoms with Gasteiger partial charge in [-0.1, -0.05) is 0 Å². The number of rotatable bonds is 6. The molecule has 26 heavy (non-hydrogen) atoms. The van der Waals surface area contributed by atoms with Crippen LogP contribution in [0, 0.1) is 5.92 Å². The molecule has 1 aliphatic rings. The third kappa shape index (κ3) is 6.13. The molecule has 2 heterocycles. The van der Waals surface area contributed by atoms with Gasteiger partial charge in [-0.15, -0.1) is 36.2 Å². The Kier molecular flexibility index (Phi) is 9.94. The van der Waals surface area contributed by atoms with E-state index in [4.69, 9.17) is 4.74 Å². The molecule has 0 spiro atoms. The quantitative estimate of drug-likeness (QED) is 0.750. The van der Waals surface area contributed by atoms with Gasteiger partial charge in [-0.3, -0.25) is 4.79 Å². The molecule has 1 unspecified atom stereocenters. The summed E-state index contributed by atoms with van der Waals surface area (Å²) in [5.74, 6) is 1.28. The molecule has 0 saturated carbocycles. The van der Waals surface area contributed by atoms with Gasteiger partial charge >= 0.3 is 0 Å². The molecule has 8 heteroatoms. The predicted molar refractivity (Wildman–Crippen MR) is 111 cm³/mol. The molecule has 0 aliphatic carbocycles. The van der Waals surface area contributed by atoms with Gasteiger partial charge < -0.3 is 15.4 Å². The van der Waals surface area contributed by atoms with Crippen LogP contribution in [-0.4, -0.2) is 37.1 Å². The number of ether oxygens (including phenoxy) is 1. The first-order valence-electron chi connectivity index (χ1n) is 8.44. The van der Waals surface area contributed by atoms with E-state index in [-0.39, 0.29) is 30.7 Å². The lowest BCUT2D eigenvalue weighted by atomic mass is 10.00. The van der Waals surface area contributed by atoms with Gasteiger partial charge in [-0.25, -0.2) is 4.98 Å². The van der Waals surface area contributed by atoms with E-state index in [0.717, 1.165) is 29.4 Å². The second-order valence-corrected chi connectivity index (χ2v) is 6.78. The zero-order chi connectivity index (χ0) is 16.8. The number of carbonyl (C=O) groups excluding carboxylic acids is 1. The second kappa shape index (κ2) is 11.4. The third-order valence-corrected chi connectivity index (χ3v) is 4.99. The summed E-state index contributed by atoms with van der Waals surface area (Å²) in [7, 11) is 0. The number of hydrogen-bond acceptors (Lipinski definition) is 5. The first-order valence-corrected chi connectivity index (χ1v) is 9.32. The van der Waals surface area contributed by atoms with Crippen LogP contribution in [0.2, 0.25) is 0 Å². The van der Waals surface area contributed by atoms with Crippen LogP contribution < -0.4 is 15.4 Å². The zero-order valence-corrected chi connectivity index (χ0v) is 17.1. The summed E-state index contributed by atoms with van der Waals surface area (Å²) in [6.45, 7) is 5.39. The first-order chi connectivity index (χ1) is 11.8. The second-order valence-electron chi connectivity index (χ2n) is 5.92. The summed E-state index contributed by atoms with van der Waals surface area (Å²) in [5.41, 5.74) is 1.49. The number of hydrogen-bond donors (Lipinski definition) is 2. The van der Waals surface area contributed by atoms with Crippen molar-refractivity contribution >= 4 is 42.1 Å². The molecule has 5 nitrogen and oxygen atoms in total. The molecule has 0 bridgehead atoms. The van der Waals surface area contributed by atoms with Crippen molar-refractivity contribution in [1.29, 1.82) is 0 Å². The Morgan fingerprint density at radius 3 is 2.77 bits per heavy atom. The molecule has 1 aliphatic heterocycles. The standard InChI is InChI=1S/C18H23N3O2S.2ClH/c1-2-23-15-7-5-14(6-8-15)18-21-16(12-24-18)17(22)20-11-13-4-3-9-19-10-13;;/h5-8,12-13,19H,2-4,9-11H2,1H3,(H,20,22);2*1H. The summed E-state index contributed by atoms with van der Waals surface area (Å²) < 4.78 is 5.44. The topological polar surface area (TPSA) is 63.2 Å². The van der Waals surface area contributed by atoms with Gasteiger partial charge in [0, 0.05) is 17.5 Å². The van der Waals surface area contributed by atoms with Crippen molar-refractivity contribution in [3.05, 3.63) is 35.3 Å². The summed E-state index contributed by atoms with van der Waals surface area (Å²) >= 11 is 1.49. The smallest absolute Gasteiger partial charge is 0.270 e. The third-order valence-electron chi connectivity index (χ3n) is 4.10. The number of thiazole rings is 1. The summed E-state index contributed by atoms with van der Waals surface area (Å²) in [6.07, 6.45) is 2.35. The van der Waals surface area contributed by atoms with Gasteiger partial charge in [0.25, 0.3) is 5.91 Å². The SMILES string of the molecule is CCOc1ccc(-c2nc(C(=O)NCC3CCCNC3)cs2)cc1.Cl.Cl. The molecule has 3 rings (SSSR count). The number of amides is 1. The minimum Gasteiger partial charge on any atom is -0.494 e. The average molecular weight is 418 g/mol. The van der Waals surface area contributed by atoms with E-state index in [1.807, 2.05) is 36.6 Å².